The summed E-state index contributed by atoms with van der Waals surface area (Å²) in [6, 6.07) is 1.95. The molecular formula is C12H19N3O2S2. The predicted molar refractivity (Wildman–Crippen MR) is 79.3 cm³/mol. The second-order valence-corrected chi connectivity index (χ2v) is 7.92. The molecule has 0 bridgehead atoms. The summed E-state index contributed by atoms with van der Waals surface area (Å²) in [5.74, 6) is 0.525. The molecule has 0 aromatic carbocycles. The lowest BCUT2D eigenvalue weighted by Crippen LogP contribution is -2.20. The van der Waals surface area contributed by atoms with Crippen LogP contribution in [0.5, 0.6) is 0 Å². The first-order valence-electron chi connectivity index (χ1n) is 5.92. The van der Waals surface area contributed by atoms with E-state index < -0.39 is 9.84 Å². The number of hydrogen-bond acceptors (Lipinski definition) is 6. The van der Waals surface area contributed by atoms with Crippen LogP contribution in [0.2, 0.25) is 0 Å². The maximum Gasteiger partial charge on any atom is 0.180 e. The van der Waals surface area contributed by atoms with Crippen molar-refractivity contribution < 1.29 is 8.42 Å². The number of nitrogens with zero attached hydrogens (tertiary/aromatic N) is 2. The van der Waals surface area contributed by atoms with E-state index in [1.165, 1.54) is 0 Å². The van der Waals surface area contributed by atoms with Crippen LogP contribution in [0.3, 0.4) is 0 Å². The quantitative estimate of drug-likeness (QED) is 0.899. The lowest BCUT2D eigenvalue weighted by molar-refractivity contribution is 0.584. The van der Waals surface area contributed by atoms with Crippen molar-refractivity contribution in [2.45, 2.75) is 25.2 Å². The zero-order valence-electron chi connectivity index (χ0n) is 11.6. The van der Waals surface area contributed by atoms with Crippen molar-refractivity contribution in [3.8, 4) is 6.07 Å². The highest BCUT2D eigenvalue weighted by Crippen LogP contribution is 2.40. The van der Waals surface area contributed by atoms with E-state index in [0.717, 1.165) is 30.6 Å². The highest BCUT2D eigenvalue weighted by atomic mass is 32.2. The summed E-state index contributed by atoms with van der Waals surface area (Å²) in [6.45, 7) is 4.94. The Morgan fingerprint density at radius 1 is 1.47 bits per heavy atom. The molecule has 0 fully saturated rings. The van der Waals surface area contributed by atoms with E-state index >= 15 is 0 Å². The average molecular weight is 301 g/mol. The summed E-state index contributed by atoms with van der Waals surface area (Å²) in [5, 5.41) is 9.54. The predicted octanol–water partition coefficient (Wildman–Crippen LogP) is 2.09. The third-order valence-corrected chi connectivity index (χ3v) is 5.25. The van der Waals surface area contributed by atoms with Gasteiger partial charge in [0.1, 0.15) is 20.8 Å². The number of nitriles is 1. The summed E-state index contributed by atoms with van der Waals surface area (Å²) < 4.78 is 23.7. The second kappa shape index (κ2) is 5.80. The van der Waals surface area contributed by atoms with E-state index in [4.69, 9.17) is 11.0 Å². The molecule has 7 heteroatoms. The van der Waals surface area contributed by atoms with Gasteiger partial charge in [0, 0.05) is 19.8 Å². The molecule has 0 aliphatic carbocycles. The van der Waals surface area contributed by atoms with Crippen molar-refractivity contribution in [3.05, 3.63) is 4.88 Å². The topological polar surface area (TPSA) is 87.2 Å². The Morgan fingerprint density at radius 2 is 2.05 bits per heavy atom. The van der Waals surface area contributed by atoms with Crippen molar-refractivity contribution in [2.75, 3.05) is 30.5 Å². The fraction of sp³-hybridized carbons (Fsp3) is 0.583. The summed E-state index contributed by atoms with van der Waals surface area (Å²) in [6.07, 6.45) is 2.06. The number of nitrogens with two attached hydrogens (primary N) is 1. The SMILES string of the molecule is CC(C)CCN(C)c1sc(C#N)c(N)c1S(C)(=O)=O. The van der Waals surface area contributed by atoms with Gasteiger partial charge in [0.15, 0.2) is 9.84 Å². The molecule has 106 valence electrons. The van der Waals surface area contributed by atoms with Gasteiger partial charge in [-0.3, -0.25) is 0 Å². The van der Waals surface area contributed by atoms with Crippen molar-refractivity contribution in [1.29, 1.82) is 5.26 Å². The van der Waals surface area contributed by atoms with Crippen LogP contribution in [-0.2, 0) is 9.84 Å². The van der Waals surface area contributed by atoms with E-state index in [-0.39, 0.29) is 15.5 Å². The Kier molecular flexibility index (Phi) is 4.82. The third-order valence-electron chi connectivity index (χ3n) is 2.74. The van der Waals surface area contributed by atoms with Crippen LogP contribution >= 0.6 is 11.3 Å². The van der Waals surface area contributed by atoms with Crippen molar-refractivity contribution in [2.24, 2.45) is 5.92 Å². The summed E-state index contributed by atoms with van der Waals surface area (Å²) in [4.78, 5) is 2.20. The first kappa shape index (κ1) is 15.8. The first-order chi connectivity index (χ1) is 8.68. The Labute approximate surface area is 118 Å². The molecule has 1 aromatic rings. The fourth-order valence-electron chi connectivity index (χ4n) is 1.66. The smallest absolute Gasteiger partial charge is 0.180 e. The van der Waals surface area contributed by atoms with Crippen LogP contribution in [0.4, 0.5) is 10.7 Å². The van der Waals surface area contributed by atoms with Gasteiger partial charge < -0.3 is 10.6 Å². The summed E-state index contributed by atoms with van der Waals surface area (Å²) >= 11 is 1.13. The molecule has 0 radical (unpaired) electrons. The number of hydrogen-bond donors (Lipinski definition) is 1. The fourth-order valence-corrected chi connectivity index (χ4v) is 4.18. The molecule has 0 aliphatic rings. The molecule has 19 heavy (non-hydrogen) atoms. The van der Waals surface area contributed by atoms with Crippen molar-refractivity contribution in [1.82, 2.24) is 0 Å². The second-order valence-electron chi connectivity index (χ2n) is 4.97. The zero-order chi connectivity index (χ0) is 14.8. The molecule has 1 heterocycles. The van der Waals surface area contributed by atoms with Crippen LogP contribution < -0.4 is 10.6 Å². The Bertz CT molecular complexity index is 597. The van der Waals surface area contributed by atoms with Gasteiger partial charge in [0.2, 0.25) is 0 Å². The van der Waals surface area contributed by atoms with Gasteiger partial charge in [-0.2, -0.15) is 5.26 Å². The van der Waals surface area contributed by atoms with E-state index in [0.29, 0.717) is 10.9 Å². The van der Waals surface area contributed by atoms with Crippen molar-refractivity contribution in [3.63, 3.8) is 0 Å². The lowest BCUT2D eigenvalue weighted by atomic mass is 10.1. The number of rotatable bonds is 5. The van der Waals surface area contributed by atoms with Gasteiger partial charge in [0.25, 0.3) is 0 Å². The summed E-state index contributed by atoms with van der Waals surface area (Å²) in [5.41, 5.74) is 5.85. The minimum absolute atomic E-state index is 0.0707. The molecule has 0 saturated carbocycles. The molecule has 0 saturated heterocycles. The minimum atomic E-state index is -3.44. The van der Waals surface area contributed by atoms with Crippen LogP contribution in [0.15, 0.2) is 4.90 Å². The van der Waals surface area contributed by atoms with Crippen LogP contribution in [-0.4, -0.2) is 28.3 Å². The average Bonchev–Trinajstić information content (AvgIpc) is 2.62. The first-order valence-corrected chi connectivity index (χ1v) is 8.62. The van der Waals surface area contributed by atoms with Gasteiger partial charge in [-0.25, -0.2) is 8.42 Å². The van der Waals surface area contributed by atoms with Crippen LogP contribution in [0.1, 0.15) is 25.1 Å². The lowest BCUT2D eigenvalue weighted by Gasteiger charge is -2.19. The molecule has 1 aromatic heterocycles. The van der Waals surface area contributed by atoms with E-state index in [2.05, 4.69) is 13.8 Å². The largest absolute Gasteiger partial charge is 0.396 e. The van der Waals surface area contributed by atoms with Gasteiger partial charge in [-0.1, -0.05) is 13.8 Å². The monoisotopic (exact) mass is 301 g/mol. The number of thiophene rings is 1. The number of anilines is 2. The van der Waals surface area contributed by atoms with Gasteiger partial charge in [-0.15, -0.1) is 11.3 Å². The molecule has 0 unspecified atom stereocenters. The molecule has 0 amide bonds. The maximum absolute atomic E-state index is 11.8. The number of nitrogen functional groups attached to an aromatic ring is 1. The highest BCUT2D eigenvalue weighted by Gasteiger charge is 2.26. The Hall–Kier alpha value is -1.26. The van der Waals surface area contributed by atoms with Gasteiger partial charge >= 0.3 is 0 Å². The Balaban J connectivity index is 3.24. The zero-order valence-corrected chi connectivity index (χ0v) is 13.2. The van der Waals surface area contributed by atoms with E-state index in [9.17, 15) is 8.42 Å². The number of sulfone groups is 1. The Morgan fingerprint density at radius 3 is 2.47 bits per heavy atom. The van der Waals surface area contributed by atoms with Crippen molar-refractivity contribution >= 4 is 31.9 Å². The molecule has 0 aliphatic heterocycles. The maximum atomic E-state index is 11.8. The molecule has 0 atom stereocenters. The molecule has 2 N–H and O–H groups in total. The molecule has 1 rings (SSSR count). The minimum Gasteiger partial charge on any atom is -0.396 e. The standard InChI is InChI=1S/C12H19N3O2S2/c1-8(2)5-6-15(3)12-11(19(4,16)17)10(14)9(7-13)18-12/h8H,5-6,14H2,1-4H3. The van der Waals surface area contributed by atoms with E-state index in [1.807, 2.05) is 18.0 Å². The van der Waals surface area contributed by atoms with Crippen LogP contribution in [0.25, 0.3) is 0 Å². The highest BCUT2D eigenvalue weighted by molar-refractivity contribution is 7.91. The normalized spacial score (nSPS) is 11.6. The summed E-state index contributed by atoms with van der Waals surface area (Å²) in [7, 11) is -1.62. The molecule has 5 nitrogen and oxygen atoms in total. The molecular weight excluding hydrogens is 282 g/mol. The van der Waals surface area contributed by atoms with Gasteiger partial charge in [0.05, 0.1) is 5.69 Å². The third kappa shape index (κ3) is 3.61. The van der Waals surface area contributed by atoms with Gasteiger partial charge in [-0.05, 0) is 12.3 Å². The van der Waals surface area contributed by atoms with Crippen LogP contribution in [0, 0.1) is 17.2 Å². The van der Waals surface area contributed by atoms with E-state index in [1.54, 1.807) is 0 Å². The molecule has 0 spiro atoms.